The molecular weight excluding hydrogens is 294 g/mol. The van der Waals surface area contributed by atoms with E-state index < -0.39 is 0 Å². The van der Waals surface area contributed by atoms with Crippen molar-refractivity contribution in [2.24, 2.45) is 0 Å². The molecule has 6 nitrogen and oxygen atoms in total. The fourth-order valence-corrected chi connectivity index (χ4v) is 2.60. The van der Waals surface area contributed by atoms with Crippen LogP contribution in [0.3, 0.4) is 0 Å². The van der Waals surface area contributed by atoms with Crippen molar-refractivity contribution in [1.29, 1.82) is 0 Å². The van der Waals surface area contributed by atoms with Crippen LogP contribution in [0.15, 0.2) is 28.8 Å². The molecule has 2 rings (SSSR count). The largest absolute Gasteiger partial charge is 0.496 e. The van der Waals surface area contributed by atoms with Crippen LogP contribution in [0.25, 0.3) is 0 Å². The van der Waals surface area contributed by atoms with E-state index in [9.17, 15) is 4.79 Å². The van der Waals surface area contributed by atoms with Crippen molar-refractivity contribution in [3.63, 3.8) is 0 Å². The highest BCUT2D eigenvalue weighted by Crippen LogP contribution is 2.27. The Morgan fingerprint density at radius 2 is 2.04 bits per heavy atom. The molecule has 1 aromatic heterocycles. The second kappa shape index (κ2) is 7.28. The van der Waals surface area contributed by atoms with Crippen LogP contribution < -0.4 is 10.1 Å². The van der Waals surface area contributed by atoms with Crippen molar-refractivity contribution in [3.05, 3.63) is 46.8 Å². The lowest BCUT2D eigenvalue weighted by molar-refractivity contribution is 0.0939. The summed E-state index contributed by atoms with van der Waals surface area (Å²) in [6.07, 6.45) is 0. The van der Waals surface area contributed by atoms with Gasteiger partial charge in [-0.2, -0.15) is 0 Å². The highest BCUT2D eigenvalue weighted by Gasteiger charge is 2.22. The number of ether oxygens (including phenoxy) is 1. The van der Waals surface area contributed by atoms with Crippen LogP contribution in [0.4, 0.5) is 0 Å². The van der Waals surface area contributed by atoms with Gasteiger partial charge in [-0.3, -0.25) is 4.79 Å². The Bertz CT molecular complexity index is 660. The number of hydrogen-bond donors (Lipinski definition) is 1. The van der Waals surface area contributed by atoms with Crippen molar-refractivity contribution in [2.75, 3.05) is 27.7 Å². The Kier molecular flexibility index (Phi) is 5.39. The number of aryl methyl sites for hydroxylation is 2. The molecule has 1 atom stereocenters. The number of amides is 1. The third kappa shape index (κ3) is 3.71. The number of carbonyl (C=O) groups excluding carboxylic acids is 1. The van der Waals surface area contributed by atoms with Gasteiger partial charge in [0.25, 0.3) is 5.91 Å². The first-order chi connectivity index (χ1) is 11.0. The molecule has 6 heteroatoms. The summed E-state index contributed by atoms with van der Waals surface area (Å²) in [5.41, 5.74) is 2.13. The van der Waals surface area contributed by atoms with Gasteiger partial charge >= 0.3 is 0 Å². The normalized spacial score (nSPS) is 12.3. The van der Waals surface area contributed by atoms with Gasteiger partial charge < -0.3 is 19.5 Å². The molecule has 2 aromatic rings. The number of carbonyl (C=O) groups is 1. The second-order valence-electron chi connectivity index (χ2n) is 5.63. The molecule has 23 heavy (non-hydrogen) atoms. The molecule has 124 valence electrons. The minimum absolute atomic E-state index is 0.00410. The molecule has 0 bridgehead atoms. The topological polar surface area (TPSA) is 67.6 Å². The molecule has 0 aliphatic heterocycles. The van der Waals surface area contributed by atoms with Gasteiger partial charge in [0.2, 0.25) is 0 Å². The van der Waals surface area contributed by atoms with E-state index in [-0.39, 0.29) is 11.9 Å². The number of para-hydroxylation sites is 1. The summed E-state index contributed by atoms with van der Waals surface area (Å²) < 4.78 is 10.5. The average molecular weight is 317 g/mol. The Morgan fingerprint density at radius 1 is 1.35 bits per heavy atom. The number of benzene rings is 1. The molecule has 1 amide bonds. The standard InChI is InChI=1S/C17H23N3O3/c1-11-16(12(2)23-19-11)17(21)18-10-14(20(3)4)13-8-6-7-9-15(13)22-5/h6-9,14H,10H2,1-5H3,(H,18,21)/t14-/m1/s1. The van der Waals surface area contributed by atoms with E-state index in [1.165, 1.54) is 0 Å². The van der Waals surface area contributed by atoms with Crippen LogP contribution in [0.2, 0.25) is 0 Å². The zero-order valence-electron chi connectivity index (χ0n) is 14.2. The zero-order valence-corrected chi connectivity index (χ0v) is 14.2. The molecule has 0 aliphatic carbocycles. The third-order valence-electron chi connectivity index (χ3n) is 3.84. The molecule has 0 spiro atoms. The van der Waals surface area contributed by atoms with Gasteiger partial charge in [-0.05, 0) is 34.0 Å². The van der Waals surface area contributed by atoms with Crippen molar-refractivity contribution >= 4 is 5.91 Å². The van der Waals surface area contributed by atoms with Gasteiger partial charge in [0.15, 0.2) is 0 Å². The molecule has 0 saturated heterocycles. The summed E-state index contributed by atoms with van der Waals surface area (Å²) in [7, 11) is 5.59. The lowest BCUT2D eigenvalue weighted by atomic mass is 10.0. The Balaban J connectivity index is 2.16. The molecule has 1 N–H and O–H groups in total. The minimum Gasteiger partial charge on any atom is -0.496 e. The number of likely N-dealkylation sites (N-methyl/N-ethyl adjacent to an activating group) is 1. The van der Waals surface area contributed by atoms with Gasteiger partial charge in [0.05, 0.1) is 18.8 Å². The van der Waals surface area contributed by atoms with E-state index >= 15 is 0 Å². The van der Waals surface area contributed by atoms with E-state index in [0.29, 0.717) is 23.6 Å². The lowest BCUT2D eigenvalue weighted by Gasteiger charge is -2.26. The predicted octanol–water partition coefficient (Wildman–Crippen LogP) is 2.33. The molecule has 0 saturated carbocycles. The monoisotopic (exact) mass is 317 g/mol. The number of nitrogens with zero attached hydrogens (tertiary/aromatic N) is 2. The number of hydrogen-bond acceptors (Lipinski definition) is 5. The van der Waals surface area contributed by atoms with Crippen LogP contribution >= 0.6 is 0 Å². The number of rotatable bonds is 6. The maximum absolute atomic E-state index is 12.4. The number of methoxy groups -OCH3 is 1. The van der Waals surface area contributed by atoms with Gasteiger partial charge in [-0.15, -0.1) is 0 Å². The van der Waals surface area contributed by atoms with Gasteiger partial charge in [0.1, 0.15) is 17.1 Å². The fourth-order valence-electron chi connectivity index (χ4n) is 2.60. The summed E-state index contributed by atoms with van der Waals surface area (Å²) in [4.78, 5) is 14.4. The SMILES string of the molecule is COc1ccccc1[C@@H](CNC(=O)c1c(C)noc1C)N(C)C. The third-order valence-corrected chi connectivity index (χ3v) is 3.84. The van der Waals surface area contributed by atoms with Crippen LogP contribution in [0.5, 0.6) is 5.75 Å². The zero-order chi connectivity index (χ0) is 17.0. The predicted molar refractivity (Wildman–Crippen MR) is 87.7 cm³/mol. The first-order valence-corrected chi connectivity index (χ1v) is 7.46. The van der Waals surface area contributed by atoms with E-state index in [4.69, 9.17) is 9.26 Å². The molecule has 1 aromatic carbocycles. The van der Waals surface area contributed by atoms with Crippen LogP contribution in [0, 0.1) is 13.8 Å². The van der Waals surface area contributed by atoms with Crippen molar-refractivity contribution in [1.82, 2.24) is 15.4 Å². The summed E-state index contributed by atoms with van der Waals surface area (Å²) in [5.74, 6) is 1.15. The molecule has 0 radical (unpaired) electrons. The average Bonchev–Trinajstić information content (AvgIpc) is 2.86. The van der Waals surface area contributed by atoms with E-state index in [2.05, 4.69) is 10.5 Å². The number of aromatic nitrogens is 1. The maximum Gasteiger partial charge on any atom is 0.256 e. The Hall–Kier alpha value is -2.34. The van der Waals surface area contributed by atoms with Crippen molar-refractivity contribution in [2.45, 2.75) is 19.9 Å². The molecule has 1 heterocycles. The van der Waals surface area contributed by atoms with Gasteiger partial charge in [0, 0.05) is 12.1 Å². The minimum atomic E-state index is -0.178. The first-order valence-electron chi connectivity index (χ1n) is 7.46. The fraction of sp³-hybridized carbons (Fsp3) is 0.412. The quantitative estimate of drug-likeness (QED) is 0.885. The summed E-state index contributed by atoms with van der Waals surface area (Å²) in [6, 6.07) is 7.81. The maximum atomic E-state index is 12.4. The van der Waals surface area contributed by atoms with E-state index in [0.717, 1.165) is 11.3 Å². The second-order valence-corrected chi connectivity index (χ2v) is 5.63. The lowest BCUT2D eigenvalue weighted by Crippen LogP contribution is -2.35. The summed E-state index contributed by atoms with van der Waals surface area (Å²) in [6.45, 7) is 3.95. The van der Waals surface area contributed by atoms with Crippen molar-refractivity contribution < 1.29 is 14.1 Å². The molecule has 0 unspecified atom stereocenters. The van der Waals surface area contributed by atoms with Gasteiger partial charge in [-0.1, -0.05) is 23.4 Å². The highest BCUT2D eigenvalue weighted by molar-refractivity contribution is 5.96. The molecular formula is C17H23N3O3. The van der Waals surface area contributed by atoms with Crippen LogP contribution in [-0.2, 0) is 0 Å². The first kappa shape index (κ1) is 17.0. The van der Waals surface area contributed by atoms with Crippen LogP contribution in [0.1, 0.15) is 33.4 Å². The number of nitrogens with one attached hydrogen (secondary N) is 1. The van der Waals surface area contributed by atoms with Crippen molar-refractivity contribution in [3.8, 4) is 5.75 Å². The smallest absolute Gasteiger partial charge is 0.256 e. The molecule has 0 fully saturated rings. The Labute approximate surface area is 136 Å². The summed E-state index contributed by atoms with van der Waals surface area (Å²) in [5, 5.41) is 6.78. The Morgan fingerprint density at radius 3 is 2.61 bits per heavy atom. The highest BCUT2D eigenvalue weighted by atomic mass is 16.5. The van der Waals surface area contributed by atoms with Gasteiger partial charge in [-0.25, -0.2) is 0 Å². The summed E-state index contributed by atoms with van der Waals surface area (Å²) >= 11 is 0. The van der Waals surface area contributed by atoms with Crippen LogP contribution in [-0.4, -0.2) is 43.7 Å². The van der Waals surface area contributed by atoms with E-state index in [1.807, 2.05) is 43.3 Å². The molecule has 0 aliphatic rings. The van der Waals surface area contributed by atoms with E-state index in [1.54, 1.807) is 21.0 Å².